The fourth-order valence-corrected chi connectivity index (χ4v) is 1.52. The van der Waals surface area contributed by atoms with Crippen LogP contribution in [0.1, 0.15) is 17.3 Å². The van der Waals surface area contributed by atoms with Gasteiger partial charge in [-0.3, -0.25) is 4.68 Å². The van der Waals surface area contributed by atoms with E-state index < -0.39 is 0 Å². The third kappa shape index (κ3) is 3.60. The van der Waals surface area contributed by atoms with Gasteiger partial charge in [-0.25, -0.2) is 15.0 Å². The van der Waals surface area contributed by atoms with Crippen LogP contribution in [-0.2, 0) is 20.0 Å². The van der Waals surface area contributed by atoms with Crippen LogP contribution in [0.4, 0.5) is 0 Å². The second kappa shape index (κ2) is 5.49. The van der Waals surface area contributed by atoms with Crippen molar-refractivity contribution in [1.29, 1.82) is 0 Å². The van der Waals surface area contributed by atoms with Gasteiger partial charge in [0.1, 0.15) is 12.2 Å². The lowest BCUT2D eigenvalue weighted by Gasteiger charge is -2.02. The normalized spacial score (nSPS) is 10.7. The van der Waals surface area contributed by atoms with E-state index in [2.05, 4.69) is 25.4 Å². The maximum Gasteiger partial charge on any atom is 0.151 e. The Bertz CT molecular complexity index is 478. The minimum Gasteiger partial charge on any atom is -0.311 e. The van der Waals surface area contributed by atoms with Gasteiger partial charge < -0.3 is 5.32 Å². The molecular weight excluding hydrogens is 216 g/mol. The summed E-state index contributed by atoms with van der Waals surface area (Å²) in [5, 5.41) is 7.52. The first kappa shape index (κ1) is 11.7. The van der Waals surface area contributed by atoms with Gasteiger partial charge in [0.25, 0.3) is 0 Å². The Hall–Kier alpha value is -1.82. The van der Waals surface area contributed by atoms with Crippen molar-refractivity contribution < 1.29 is 0 Å². The number of aryl methyl sites for hydroxylation is 2. The molecule has 0 bridgehead atoms. The van der Waals surface area contributed by atoms with Crippen LogP contribution in [-0.4, -0.2) is 31.3 Å². The third-order valence-corrected chi connectivity index (χ3v) is 2.31. The predicted molar refractivity (Wildman–Crippen MR) is 63.2 cm³/mol. The van der Waals surface area contributed by atoms with Crippen LogP contribution in [0, 0.1) is 6.92 Å². The van der Waals surface area contributed by atoms with Crippen molar-refractivity contribution in [3.63, 3.8) is 0 Å². The van der Waals surface area contributed by atoms with E-state index in [1.54, 1.807) is 17.2 Å². The highest BCUT2D eigenvalue weighted by atomic mass is 15.3. The topological polar surface area (TPSA) is 68.5 Å². The third-order valence-electron chi connectivity index (χ3n) is 2.31. The molecule has 17 heavy (non-hydrogen) atoms. The maximum atomic E-state index is 4.31. The molecule has 0 amide bonds. The molecule has 0 fully saturated rings. The van der Waals surface area contributed by atoms with E-state index in [9.17, 15) is 0 Å². The number of rotatable bonds is 5. The zero-order valence-electron chi connectivity index (χ0n) is 10.1. The van der Waals surface area contributed by atoms with E-state index in [1.807, 2.05) is 20.0 Å². The first-order valence-corrected chi connectivity index (χ1v) is 5.58. The molecule has 0 saturated heterocycles. The summed E-state index contributed by atoms with van der Waals surface area (Å²) in [5.74, 6) is 1.66. The summed E-state index contributed by atoms with van der Waals surface area (Å²) in [4.78, 5) is 12.5. The zero-order valence-corrected chi connectivity index (χ0v) is 10.1. The molecule has 2 aromatic heterocycles. The highest BCUT2D eigenvalue weighted by Crippen LogP contribution is 1.94. The van der Waals surface area contributed by atoms with Gasteiger partial charge in [0, 0.05) is 32.8 Å². The molecule has 2 aromatic rings. The average molecular weight is 232 g/mol. The van der Waals surface area contributed by atoms with Gasteiger partial charge in [-0.2, -0.15) is 5.10 Å². The van der Waals surface area contributed by atoms with E-state index in [0.717, 1.165) is 36.9 Å². The van der Waals surface area contributed by atoms with Crippen molar-refractivity contribution in [2.75, 3.05) is 6.54 Å². The van der Waals surface area contributed by atoms with Crippen LogP contribution in [0.15, 0.2) is 18.6 Å². The summed E-state index contributed by atoms with van der Waals surface area (Å²) in [6.07, 6.45) is 4.31. The molecule has 0 atom stereocenters. The van der Waals surface area contributed by atoms with Crippen molar-refractivity contribution >= 4 is 0 Å². The summed E-state index contributed by atoms with van der Waals surface area (Å²) < 4.78 is 1.71. The second-order valence-corrected chi connectivity index (χ2v) is 3.86. The quantitative estimate of drug-likeness (QED) is 0.748. The molecule has 90 valence electrons. The smallest absolute Gasteiger partial charge is 0.151 e. The van der Waals surface area contributed by atoms with Gasteiger partial charge in [0.2, 0.25) is 0 Å². The van der Waals surface area contributed by atoms with Gasteiger partial charge in [-0.1, -0.05) is 0 Å². The zero-order chi connectivity index (χ0) is 12.1. The number of hydrogen-bond acceptors (Lipinski definition) is 5. The fourth-order valence-electron chi connectivity index (χ4n) is 1.52. The van der Waals surface area contributed by atoms with Crippen molar-refractivity contribution in [1.82, 2.24) is 30.0 Å². The summed E-state index contributed by atoms with van der Waals surface area (Å²) in [7, 11) is 1.87. The Kier molecular flexibility index (Phi) is 3.77. The van der Waals surface area contributed by atoms with Crippen molar-refractivity contribution in [3.8, 4) is 0 Å². The molecule has 0 saturated carbocycles. The molecule has 6 heteroatoms. The molecule has 2 rings (SSSR count). The first-order valence-electron chi connectivity index (χ1n) is 5.58. The second-order valence-electron chi connectivity index (χ2n) is 3.86. The van der Waals surface area contributed by atoms with Crippen LogP contribution in [0.5, 0.6) is 0 Å². The monoisotopic (exact) mass is 232 g/mol. The van der Waals surface area contributed by atoms with E-state index in [0.29, 0.717) is 0 Å². The van der Waals surface area contributed by atoms with Crippen LogP contribution in [0.3, 0.4) is 0 Å². The van der Waals surface area contributed by atoms with Gasteiger partial charge in [-0.05, 0) is 13.0 Å². The number of aromatic nitrogens is 5. The SMILES string of the molecule is Cc1nccc(CNCCc2ncn(C)n2)n1. The molecule has 0 aromatic carbocycles. The van der Waals surface area contributed by atoms with E-state index in [4.69, 9.17) is 0 Å². The molecule has 0 unspecified atom stereocenters. The summed E-state index contributed by atoms with van der Waals surface area (Å²) >= 11 is 0. The van der Waals surface area contributed by atoms with E-state index >= 15 is 0 Å². The molecule has 0 aliphatic heterocycles. The minimum absolute atomic E-state index is 0.746. The summed E-state index contributed by atoms with van der Waals surface area (Å²) in [5.41, 5.74) is 1.01. The fraction of sp³-hybridized carbons (Fsp3) is 0.455. The van der Waals surface area contributed by atoms with Crippen LogP contribution in [0.2, 0.25) is 0 Å². The van der Waals surface area contributed by atoms with E-state index in [1.165, 1.54) is 0 Å². The highest BCUT2D eigenvalue weighted by Gasteiger charge is 1.99. The molecular formula is C11H16N6. The van der Waals surface area contributed by atoms with Crippen LogP contribution >= 0.6 is 0 Å². The average Bonchev–Trinajstić information content (AvgIpc) is 2.71. The largest absolute Gasteiger partial charge is 0.311 e. The molecule has 0 radical (unpaired) electrons. The van der Waals surface area contributed by atoms with Crippen molar-refractivity contribution in [2.45, 2.75) is 19.9 Å². The first-order chi connectivity index (χ1) is 8.24. The van der Waals surface area contributed by atoms with Crippen LogP contribution < -0.4 is 5.32 Å². The Labute approximate surface area is 100 Å². The molecule has 1 N–H and O–H groups in total. The highest BCUT2D eigenvalue weighted by molar-refractivity contribution is 5.01. The maximum absolute atomic E-state index is 4.31. The Morgan fingerprint density at radius 3 is 2.94 bits per heavy atom. The van der Waals surface area contributed by atoms with Gasteiger partial charge in [-0.15, -0.1) is 0 Å². The standard InChI is InChI=1S/C11H16N6/c1-9-13-6-3-10(15-9)7-12-5-4-11-14-8-17(2)16-11/h3,6,8,12H,4-5,7H2,1-2H3. The minimum atomic E-state index is 0.746. The number of nitrogens with zero attached hydrogens (tertiary/aromatic N) is 5. The van der Waals surface area contributed by atoms with Gasteiger partial charge in [0.05, 0.1) is 5.69 Å². The summed E-state index contributed by atoms with van der Waals surface area (Å²) in [6, 6.07) is 1.92. The van der Waals surface area contributed by atoms with E-state index in [-0.39, 0.29) is 0 Å². The molecule has 2 heterocycles. The number of hydrogen-bond donors (Lipinski definition) is 1. The molecule has 0 aliphatic carbocycles. The Morgan fingerprint density at radius 1 is 1.35 bits per heavy atom. The Morgan fingerprint density at radius 2 is 2.24 bits per heavy atom. The summed E-state index contributed by atoms with van der Waals surface area (Å²) in [6.45, 7) is 3.48. The lowest BCUT2D eigenvalue weighted by Crippen LogP contribution is -2.18. The Balaban J connectivity index is 1.73. The lowest BCUT2D eigenvalue weighted by molar-refractivity contribution is 0.650. The lowest BCUT2D eigenvalue weighted by atomic mass is 10.3. The van der Waals surface area contributed by atoms with Gasteiger partial charge >= 0.3 is 0 Å². The number of nitrogens with one attached hydrogen (secondary N) is 1. The predicted octanol–water partition coefficient (Wildman–Crippen LogP) is 0.246. The molecule has 0 aliphatic rings. The van der Waals surface area contributed by atoms with Crippen molar-refractivity contribution in [3.05, 3.63) is 35.9 Å². The van der Waals surface area contributed by atoms with Crippen LogP contribution in [0.25, 0.3) is 0 Å². The van der Waals surface area contributed by atoms with Crippen molar-refractivity contribution in [2.24, 2.45) is 7.05 Å². The van der Waals surface area contributed by atoms with Gasteiger partial charge in [0.15, 0.2) is 5.82 Å². The molecule has 0 spiro atoms. The molecule has 6 nitrogen and oxygen atoms in total.